The summed E-state index contributed by atoms with van der Waals surface area (Å²) in [7, 11) is 0. The highest BCUT2D eigenvalue weighted by molar-refractivity contribution is 5.92. The molecule has 13 heavy (non-hydrogen) atoms. The number of nitrogens with one attached hydrogen (secondary N) is 2. The van der Waals surface area contributed by atoms with Gasteiger partial charge in [0.25, 0.3) is 0 Å². The van der Waals surface area contributed by atoms with Crippen LogP contribution in [-0.4, -0.2) is 4.98 Å². The van der Waals surface area contributed by atoms with E-state index in [1.54, 1.807) is 6.20 Å². The zero-order valence-electron chi connectivity index (χ0n) is 6.87. The van der Waals surface area contributed by atoms with E-state index in [0.717, 1.165) is 16.5 Å². The first-order valence-electron chi connectivity index (χ1n) is 3.89. The van der Waals surface area contributed by atoms with Gasteiger partial charge < -0.3 is 10.4 Å². The van der Waals surface area contributed by atoms with Gasteiger partial charge in [-0.3, -0.25) is 10.6 Å². The van der Waals surface area contributed by atoms with Crippen molar-refractivity contribution in [2.45, 2.75) is 0 Å². The average Bonchev–Trinajstić information content (AvgIpc) is 2.16. The second-order valence-corrected chi connectivity index (χ2v) is 2.75. The van der Waals surface area contributed by atoms with Gasteiger partial charge >= 0.3 is 0 Å². The molecule has 2 rings (SSSR count). The Labute approximate surface area is 74.4 Å². The van der Waals surface area contributed by atoms with Gasteiger partial charge in [0.05, 0.1) is 5.69 Å². The first-order valence-corrected chi connectivity index (χ1v) is 3.89. The molecular formula is C9H9N3O. The predicted molar refractivity (Wildman–Crippen MR) is 52.4 cm³/mol. The minimum absolute atomic E-state index is 0.110. The van der Waals surface area contributed by atoms with Crippen molar-refractivity contribution >= 4 is 16.5 Å². The lowest BCUT2D eigenvalue weighted by atomic mass is 10.1. The van der Waals surface area contributed by atoms with Crippen molar-refractivity contribution in [3.63, 3.8) is 0 Å². The number of hydrogen-bond acceptors (Lipinski definition) is 3. The summed E-state index contributed by atoms with van der Waals surface area (Å²) >= 11 is 0. The fraction of sp³-hybridized carbons (Fsp3) is 0. The van der Waals surface area contributed by atoms with Gasteiger partial charge in [0, 0.05) is 17.6 Å². The summed E-state index contributed by atoms with van der Waals surface area (Å²) in [5.74, 6) is 5.31. The van der Waals surface area contributed by atoms with E-state index in [9.17, 15) is 4.79 Å². The second kappa shape index (κ2) is 2.91. The van der Waals surface area contributed by atoms with Crippen LogP contribution in [0.15, 0.2) is 35.3 Å². The first-order chi connectivity index (χ1) is 6.31. The van der Waals surface area contributed by atoms with E-state index in [-0.39, 0.29) is 5.56 Å². The van der Waals surface area contributed by atoms with Gasteiger partial charge in [-0.1, -0.05) is 12.1 Å². The number of anilines is 1. The van der Waals surface area contributed by atoms with Crippen LogP contribution in [0, 0.1) is 0 Å². The molecule has 0 fully saturated rings. The Hall–Kier alpha value is -1.81. The van der Waals surface area contributed by atoms with E-state index in [2.05, 4.69) is 10.4 Å². The molecule has 0 saturated heterocycles. The Morgan fingerprint density at radius 3 is 3.00 bits per heavy atom. The fourth-order valence-corrected chi connectivity index (χ4v) is 1.32. The summed E-state index contributed by atoms with van der Waals surface area (Å²) in [5, 5.41) is 1.78. The number of nitrogen functional groups attached to an aromatic ring is 1. The van der Waals surface area contributed by atoms with Crippen molar-refractivity contribution in [1.82, 2.24) is 4.98 Å². The summed E-state index contributed by atoms with van der Waals surface area (Å²) in [6.45, 7) is 0. The van der Waals surface area contributed by atoms with E-state index >= 15 is 0 Å². The second-order valence-electron chi connectivity index (χ2n) is 2.75. The lowest BCUT2D eigenvalue weighted by molar-refractivity contribution is 1.26. The Morgan fingerprint density at radius 1 is 1.38 bits per heavy atom. The van der Waals surface area contributed by atoms with Crippen molar-refractivity contribution in [2.24, 2.45) is 5.84 Å². The molecule has 0 radical (unpaired) electrons. The summed E-state index contributed by atoms with van der Waals surface area (Å²) < 4.78 is 0. The van der Waals surface area contributed by atoms with E-state index in [4.69, 9.17) is 5.84 Å². The maximum atomic E-state index is 11.0. The highest BCUT2D eigenvalue weighted by Gasteiger charge is 1.98. The Balaban J connectivity index is 2.85. The third-order valence-corrected chi connectivity index (χ3v) is 1.94. The lowest BCUT2D eigenvalue weighted by Crippen LogP contribution is -2.08. The van der Waals surface area contributed by atoms with Gasteiger partial charge in [0.15, 0.2) is 0 Å². The van der Waals surface area contributed by atoms with Crippen LogP contribution in [0.4, 0.5) is 5.69 Å². The van der Waals surface area contributed by atoms with Crippen LogP contribution in [0.3, 0.4) is 0 Å². The van der Waals surface area contributed by atoms with Crippen LogP contribution in [0.2, 0.25) is 0 Å². The molecule has 0 spiro atoms. The zero-order chi connectivity index (χ0) is 9.26. The van der Waals surface area contributed by atoms with Crippen LogP contribution in [0.25, 0.3) is 10.8 Å². The van der Waals surface area contributed by atoms with Gasteiger partial charge in [-0.05, 0) is 11.5 Å². The molecule has 0 atom stereocenters. The number of pyridine rings is 1. The minimum atomic E-state index is -0.110. The molecule has 0 unspecified atom stereocenters. The summed E-state index contributed by atoms with van der Waals surface area (Å²) in [5.41, 5.74) is 3.26. The number of hydrazine groups is 1. The van der Waals surface area contributed by atoms with Crippen molar-refractivity contribution in [2.75, 3.05) is 5.43 Å². The van der Waals surface area contributed by atoms with E-state index in [1.165, 1.54) is 6.07 Å². The van der Waals surface area contributed by atoms with Crippen LogP contribution in [0.5, 0.6) is 0 Å². The highest BCUT2D eigenvalue weighted by Crippen LogP contribution is 2.19. The molecule has 1 aromatic carbocycles. The average molecular weight is 175 g/mol. The Bertz CT molecular complexity index is 489. The number of benzene rings is 1. The SMILES string of the molecule is NNc1cccc2cc(=O)[nH]cc12. The van der Waals surface area contributed by atoms with E-state index in [1.807, 2.05) is 18.2 Å². The van der Waals surface area contributed by atoms with E-state index in [0.29, 0.717) is 0 Å². The number of nitrogens with two attached hydrogens (primary N) is 1. The van der Waals surface area contributed by atoms with Crippen LogP contribution in [-0.2, 0) is 0 Å². The molecule has 1 heterocycles. The smallest absolute Gasteiger partial charge is 0.248 e. The van der Waals surface area contributed by atoms with Crippen molar-refractivity contribution < 1.29 is 0 Å². The normalized spacial score (nSPS) is 10.2. The first kappa shape index (κ1) is 7.82. The number of aromatic amines is 1. The molecule has 66 valence electrons. The minimum Gasteiger partial charge on any atom is -0.328 e. The summed E-state index contributed by atoms with van der Waals surface area (Å²) in [6.07, 6.45) is 1.65. The number of fused-ring (bicyclic) bond motifs is 1. The third kappa shape index (κ3) is 1.27. The Kier molecular flexibility index (Phi) is 1.75. The molecule has 2 aromatic rings. The zero-order valence-corrected chi connectivity index (χ0v) is 6.87. The van der Waals surface area contributed by atoms with Gasteiger partial charge in [0.1, 0.15) is 0 Å². The van der Waals surface area contributed by atoms with Gasteiger partial charge in [0.2, 0.25) is 5.56 Å². The monoisotopic (exact) mass is 175 g/mol. The molecule has 4 heteroatoms. The van der Waals surface area contributed by atoms with Crippen molar-refractivity contribution in [3.8, 4) is 0 Å². The standard InChI is InChI=1S/C9H9N3O/c10-12-8-3-1-2-6-4-9(13)11-5-7(6)8/h1-5,12H,10H2,(H,11,13). The molecule has 0 saturated carbocycles. The molecule has 1 aromatic heterocycles. The quantitative estimate of drug-likeness (QED) is 0.443. The summed E-state index contributed by atoms with van der Waals surface area (Å²) in [4.78, 5) is 13.6. The van der Waals surface area contributed by atoms with Crippen LogP contribution < -0.4 is 16.8 Å². The topological polar surface area (TPSA) is 70.9 Å². The molecule has 0 amide bonds. The third-order valence-electron chi connectivity index (χ3n) is 1.94. The molecular weight excluding hydrogens is 166 g/mol. The fourth-order valence-electron chi connectivity index (χ4n) is 1.32. The van der Waals surface area contributed by atoms with Gasteiger partial charge in [-0.25, -0.2) is 0 Å². The number of rotatable bonds is 1. The summed E-state index contributed by atoms with van der Waals surface area (Å²) in [6, 6.07) is 7.10. The molecule has 0 aliphatic rings. The molecule has 0 bridgehead atoms. The molecule has 4 N–H and O–H groups in total. The number of H-pyrrole nitrogens is 1. The maximum absolute atomic E-state index is 11.0. The molecule has 0 aliphatic heterocycles. The predicted octanol–water partition coefficient (Wildman–Crippen LogP) is 0.814. The van der Waals surface area contributed by atoms with E-state index < -0.39 is 0 Å². The van der Waals surface area contributed by atoms with Crippen LogP contribution >= 0.6 is 0 Å². The van der Waals surface area contributed by atoms with Crippen molar-refractivity contribution in [1.29, 1.82) is 0 Å². The largest absolute Gasteiger partial charge is 0.328 e. The lowest BCUT2D eigenvalue weighted by Gasteiger charge is -2.03. The molecule has 0 aliphatic carbocycles. The van der Waals surface area contributed by atoms with Gasteiger partial charge in [-0.15, -0.1) is 0 Å². The maximum Gasteiger partial charge on any atom is 0.248 e. The van der Waals surface area contributed by atoms with Gasteiger partial charge in [-0.2, -0.15) is 0 Å². The number of hydrogen-bond donors (Lipinski definition) is 3. The highest BCUT2D eigenvalue weighted by atomic mass is 16.1. The van der Waals surface area contributed by atoms with Crippen LogP contribution in [0.1, 0.15) is 0 Å². The number of aromatic nitrogens is 1. The molecule has 4 nitrogen and oxygen atoms in total. The van der Waals surface area contributed by atoms with Crippen molar-refractivity contribution in [3.05, 3.63) is 40.8 Å². The Morgan fingerprint density at radius 2 is 2.23 bits per heavy atom.